The average molecular weight is 264 g/mol. The van der Waals surface area contributed by atoms with Crippen LogP contribution in [-0.2, 0) is 6.42 Å². The van der Waals surface area contributed by atoms with Crippen molar-refractivity contribution in [3.8, 4) is 0 Å². The van der Waals surface area contributed by atoms with E-state index in [2.05, 4.69) is 15.2 Å². The smallest absolute Gasteiger partial charge is 0.324 e. The number of hydrogen-bond acceptors (Lipinski definition) is 3. The topological polar surface area (TPSA) is 61.9 Å². The Bertz CT molecular complexity index is 414. The van der Waals surface area contributed by atoms with Crippen molar-refractivity contribution < 1.29 is 18.0 Å². The first-order valence-corrected chi connectivity index (χ1v) is 5.53. The van der Waals surface area contributed by atoms with E-state index < -0.39 is 24.7 Å². The Morgan fingerprint density at radius 1 is 1.44 bits per heavy atom. The quantitative estimate of drug-likeness (QED) is 0.901. The molecule has 1 rings (SSSR count). The van der Waals surface area contributed by atoms with Crippen LogP contribution in [0.2, 0.25) is 0 Å². The van der Waals surface area contributed by atoms with Crippen LogP contribution in [0, 0.1) is 0 Å². The number of carbonyl (C=O) groups excluding carboxylic acids is 1. The molecule has 0 spiro atoms. The summed E-state index contributed by atoms with van der Waals surface area (Å²) in [6, 6.07) is -0.581. The minimum atomic E-state index is -4.44. The van der Waals surface area contributed by atoms with E-state index >= 15 is 0 Å². The molecule has 1 heterocycles. The maximum Gasteiger partial charge on any atom is 0.406 e. The van der Waals surface area contributed by atoms with Crippen LogP contribution in [0.4, 0.5) is 13.2 Å². The van der Waals surface area contributed by atoms with E-state index in [1.54, 1.807) is 6.92 Å². The van der Waals surface area contributed by atoms with Crippen molar-refractivity contribution in [2.24, 2.45) is 0 Å². The summed E-state index contributed by atoms with van der Waals surface area (Å²) in [5.74, 6) is -0.586. The van der Waals surface area contributed by atoms with Gasteiger partial charge >= 0.3 is 6.18 Å². The minimum absolute atomic E-state index is 0.232. The number of nitrogens with one attached hydrogen (secondary N) is 1. The van der Waals surface area contributed by atoms with E-state index in [0.717, 1.165) is 0 Å². The highest BCUT2D eigenvalue weighted by atomic mass is 19.4. The van der Waals surface area contributed by atoms with Crippen LogP contribution in [0.5, 0.6) is 0 Å². The van der Waals surface area contributed by atoms with E-state index in [4.69, 9.17) is 0 Å². The average Bonchev–Trinajstić information content (AvgIpc) is 2.71. The molecule has 0 bridgehead atoms. The van der Waals surface area contributed by atoms with Gasteiger partial charge in [-0.15, -0.1) is 5.10 Å². The first kappa shape index (κ1) is 14.5. The molecule has 0 fully saturated rings. The van der Waals surface area contributed by atoms with Crippen molar-refractivity contribution in [1.29, 1.82) is 0 Å². The first-order valence-electron chi connectivity index (χ1n) is 5.53. The molecule has 0 aromatic carbocycles. The molecule has 0 radical (unpaired) electrons. The molecule has 0 saturated carbocycles. The van der Waals surface area contributed by atoms with Gasteiger partial charge < -0.3 is 4.90 Å². The second-order valence-electron chi connectivity index (χ2n) is 4.10. The summed E-state index contributed by atoms with van der Waals surface area (Å²) in [4.78, 5) is 16.4. The normalized spacial score (nSPS) is 11.9. The zero-order chi connectivity index (χ0) is 13.9. The van der Waals surface area contributed by atoms with Gasteiger partial charge in [0.15, 0.2) is 0 Å². The lowest BCUT2D eigenvalue weighted by Gasteiger charge is -2.26. The van der Waals surface area contributed by atoms with Gasteiger partial charge in [0.05, 0.1) is 0 Å². The number of nitrogens with zero attached hydrogens (tertiary/aromatic N) is 3. The van der Waals surface area contributed by atoms with Gasteiger partial charge in [-0.05, 0) is 13.8 Å². The zero-order valence-electron chi connectivity index (χ0n) is 10.4. The van der Waals surface area contributed by atoms with Gasteiger partial charge in [0.1, 0.15) is 12.4 Å². The Kier molecular flexibility index (Phi) is 4.31. The number of H-pyrrole nitrogens is 1. The molecule has 1 amide bonds. The highest BCUT2D eigenvalue weighted by Crippen LogP contribution is 2.19. The van der Waals surface area contributed by atoms with Crippen molar-refractivity contribution in [1.82, 2.24) is 20.1 Å². The van der Waals surface area contributed by atoms with E-state index in [1.807, 2.05) is 0 Å². The second-order valence-corrected chi connectivity index (χ2v) is 4.10. The van der Waals surface area contributed by atoms with Crippen molar-refractivity contribution >= 4 is 5.91 Å². The fourth-order valence-electron chi connectivity index (χ4n) is 1.36. The maximum absolute atomic E-state index is 12.4. The number of hydrogen-bond donors (Lipinski definition) is 1. The number of alkyl halides is 3. The predicted octanol–water partition coefficient (Wildman–Crippen LogP) is 1.78. The van der Waals surface area contributed by atoms with Gasteiger partial charge in [-0.25, -0.2) is 4.98 Å². The van der Waals surface area contributed by atoms with Gasteiger partial charge in [0.25, 0.3) is 5.91 Å². The summed E-state index contributed by atoms with van der Waals surface area (Å²) in [5, 5.41) is 6.13. The molecule has 0 aliphatic rings. The third-order valence-corrected chi connectivity index (χ3v) is 2.29. The van der Waals surface area contributed by atoms with E-state index in [-0.39, 0.29) is 5.82 Å². The Morgan fingerprint density at radius 3 is 2.44 bits per heavy atom. The fraction of sp³-hybridized carbons (Fsp3) is 0.700. The van der Waals surface area contributed by atoms with Crippen LogP contribution in [-0.4, -0.2) is 44.8 Å². The number of halogens is 3. The van der Waals surface area contributed by atoms with Crippen LogP contribution in [0.3, 0.4) is 0 Å². The van der Waals surface area contributed by atoms with E-state index in [1.165, 1.54) is 13.8 Å². The monoisotopic (exact) mass is 264 g/mol. The van der Waals surface area contributed by atoms with Crippen LogP contribution >= 0.6 is 0 Å². The highest BCUT2D eigenvalue weighted by Gasteiger charge is 2.35. The molecule has 0 aliphatic carbocycles. The van der Waals surface area contributed by atoms with Crippen LogP contribution in [0.15, 0.2) is 0 Å². The van der Waals surface area contributed by atoms with Gasteiger partial charge in [-0.3, -0.25) is 9.89 Å². The van der Waals surface area contributed by atoms with Gasteiger partial charge in [0, 0.05) is 12.5 Å². The van der Waals surface area contributed by atoms with Crippen molar-refractivity contribution in [2.45, 2.75) is 39.4 Å². The summed E-state index contributed by atoms with van der Waals surface area (Å²) >= 11 is 0. The Morgan fingerprint density at radius 2 is 2.06 bits per heavy atom. The lowest BCUT2D eigenvalue weighted by atomic mass is 10.3. The predicted molar refractivity (Wildman–Crippen MR) is 58.0 cm³/mol. The molecule has 0 aliphatic heterocycles. The number of amides is 1. The standard InChI is InChI=1S/C10H15F3N4O/c1-4-7-14-8(16-15-7)9(18)17(6(2)3)5-10(11,12)13/h6H,4-5H2,1-3H3,(H,14,15,16). The van der Waals surface area contributed by atoms with Gasteiger partial charge in [-0.2, -0.15) is 13.2 Å². The molecule has 18 heavy (non-hydrogen) atoms. The summed E-state index contributed by atoms with van der Waals surface area (Å²) in [6.07, 6.45) is -3.91. The van der Waals surface area contributed by atoms with Crippen molar-refractivity contribution in [3.05, 3.63) is 11.6 Å². The molecule has 0 atom stereocenters. The number of aromatic nitrogens is 3. The molecule has 1 N–H and O–H groups in total. The summed E-state index contributed by atoms with van der Waals surface area (Å²) < 4.78 is 37.1. The van der Waals surface area contributed by atoms with Crippen LogP contribution in [0.25, 0.3) is 0 Å². The van der Waals surface area contributed by atoms with E-state index in [9.17, 15) is 18.0 Å². The fourth-order valence-corrected chi connectivity index (χ4v) is 1.36. The summed E-state index contributed by atoms with van der Waals surface area (Å²) in [7, 11) is 0. The summed E-state index contributed by atoms with van der Waals surface area (Å²) in [6.45, 7) is 3.51. The lowest BCUT2D eigenvalue weighted by Crippen LogP contribution is -2.43. The number of carbonyl (C=O) groups is 1. The molecule has 102 valence electrons. The summed E-state index contributed by atoms with van der Waals surface area (Å²) in [5.41, 5.74) is 0. The molecule has 1 aromatic rings. The molecule has 5 nitrogen and oxygen atoms in total. The van der Waals surface area contributed by atoms with Gasteiger partial charge in [-0.1, -0.05) is 6.92 Å². The van der Waals surface area contributed by atoms with Crippen molar-refractivity contribution in [2.75, 3.05) is 6.54 Å². The first-order chi connectivity index (χ1) is 8.24. The molecule has 0 unspecified atom stereocenters. The molecular formula is C10H15F3N4O. The molecule has 8 heteroatoms. The number of aryl methyl sites for hydroxylation is 1. The number of aromatic amines is 1. The highest BCUT2D eigenvalue weighted by molar-refractivity contribution is 5.90. The number of rotatable bonds is 4. The molecule has 0 saturated heterocycles. The third-order valence-electron chi connectivity index (χ3n) is 2.29. The SMILES string of the molecule is CCc1nc(C(=O)N(CC(F)(F)F)C(C)C)n[nH]1. The Balaban J connectivity index is 2.89. The minimum Gasteiger partial charge on any atom is -0.324 e. The lowest BCUT2D eigenvalue weighted by molar-refractivity contribution is -0.143. The largest absolute Gasteiger partial charge is 0.406 e. The second kappa shape index (κ2) is 5.36. The van der Waals surface area contributed by atoms with Crippen molar-refractivity contribution in [3.63, 3.8) is 0 Å². The van der Waals surface area contributed by atoms with Gasteiger partial charge in [0.2, 0.25) is 5.82 Å². The Hall–Kier alpha value is -1.60. The van der Waals surface area contributed by atoms with Crippen LogP contribution in [0.1, 0.15) is 37.2 Å². The maximum atomic E-state index is 12.4. The molecule has 1 aromatic heterocycles. The van der Waals surface area contributed by atoms with E-state index in [0.29, 0.717) is 17.1 Å². The van der Waals surface area contributed by atoms with Crippen LogP contribution < -0.4 is 0 Å². The zero-order valence-corrected chi connectivity index (χ0v) is 10.4. The third kappa shape index (κ3) is 3.71. The Labute approximate surface area is 102 Å². The molecular weight excluding hydrogens is 249 g/mol.